The smallest absolute Gasteiger partial charge is 0.434 e. The molecule has 0 saturated heterocycles. The third-order valence-electron chi connectivity index (χ3n) is 6.69. The van der Waals surface area contributed by atoms with E-state index in [2.05, 4.69) is 13.8 Å². The molecule has 0 spiro atoms. The highest BCUT2D eigenvalue weighted by Crippen LogP contribution is 2.15. The third-order valence-corrected chi connectivity index (χ3v) is 6.69. The van der Waals surface area contributed by atoms with Crippen molar-refractivity contribution in [1.29, 1.82) is 0 Å². The summed E-state index contributed by atoms with van der Waals surface area (Å²) in [5.74, 6) is 0. The monoisotopic (exact) mass is 468 g/mol. The summed E-state index contributed by atoms with van der Waals surface area (Å²) in [6.45, 7) is 5.43. The first-order valence-electron chi connectivity index (χ1n) is 15.1. The number of hydrogen-bond acceptors (Lipinski definition) is 3. The van der Waals surface area contributed by atoms with Crippen molar-refractivity contribution in [2.45, 2.75) is 174 Å². The lowest BCUT2D eigenvalue weighted by Gasteiger charge is -2.06. The molecule has 0 rings (SSSR count). The molecule has 0 aliphatic carbocycles. The molecular weight excluding hydrogens is 408 g/mol. The van der Waals surface area contributed by atoms with Crippen molar-refractivity contribution in [2.75, 3.05) is 13.2 Å². The Morgan fingerprint density at radius 2 is 0.576 bits per heavy atom. The molecule has 0 amide bonds. The van der Waals surface area contributed by atoms with Gasteiger partial charge in [0.05, 0.1) is 13.2 Å². The number of carbonyl (C=O) groups is 1. The Balaban J connectivity index is 3.07. The van der Waals surface area contributed by atoms with Crippen LogP contribution in [0.25, 0.3) is 0 Å². The maximum Gasteiger partial charge on any atom is 0.508 e. The van der Waals surface area contributed by atoms with Gasteiger partial charge in [-0.15, -0.1) is 0 Å². The number of hydrogen-bond donors (Lipinski definition) is 0. The van der Waals surface area contributed by atoms with Crippen LogP contribution in [0.3, 0.4) is 0 Å². The number of rotatable bonds is 27. The van der Waals surface area contributed by atoms with Gasteiger partial charge in [0, 0.05) is 0 Å². The van der Waals surface area contributed by atoms with Gasteiger partial charge in [0.25, 0.3) is 0 Å². The first kappa shape index (κ1) is 32.3. The minimum absolute atomic E-state index is 0.491. The fraction of sp³-hybridized carbons (Fsp3) is 0.967. The predicted molar refractivity (Wildman–Crippen MR) is 144 cm³/mol. The lowest BCUT2D eigenvalue weighted by Crippen LogP contribution is -2.09. The Kier molecular flexibility index (Phi) is 28.7. The molecule has 0 atom stereocenters. The minimum atomic E-state index is -0.491. The molecule has 0 aliphatic heterocycles. The van der Waals surface area contributed by atoms with Crippen LogP contribution in [0.15, 0.2) is 0 Å². The highest BCUT2D eigenvalue weighted by molar-refractivity contribution is 5.59. The summed E-state index contributed by atoms with van der Waals surface area (Å²) in [5.41, 5.74) is 0. The second kappa shape index (κ2) is 29.3. The van der Waals surface area contributed by atoms with Crippen molar-refractivity contribution in [3.05, 3.63) is 0 Å². The number of ether oxygens (including phenoxy) is 2. The second-order valence-electron chi connectivity index (χ2n) is 10.1. The molecule has 33 heavy (non-hydrogen) atoms. The largest absolute Gasteiger partial charge is 0.508 e. The molecule has 3 nitrogen and oxygen atoms in total. The van der Waals surface area contributed by atoms with Crippen LogP contribution in [0.5, 0.6) is 0 Å². The molecule has 0 bridgehead atoms. The maximum absolute atomic E-state index is 11.4. The van der Waals surface area contributed by atoms with E-state index in [1.807, 2.05) is 0 Å². The van der Waals surface area contributed by atoms with E-state index >= 15 is 0 Å². The first-order chi connectivity index (χ1) is 16.3. The summed E-state index contributed by atoms with van der Waals surface area (Å²) in [6.07, 6.45) is 33.2. The molecule has 0 N–H and O–H groups in total. The van der Waals surface area contributed by atoms with E-state index in [4.69, 9.17) is 9.47 Å². The van der Waals surface area contributed by atoms with Gasteiger partial charge in [-0.05, 0) is 12.8 Å². The number of unbranched alkanes of at least 4 members (excludes halogenated alkanes) is 23. The van der Waals surface area contributed by atoms with E-state index in [0.29, 0.717) is 13.2 Å². The fourth-order valence-corrected chi connectivity index (χ4v) is 4.42. The van der Waals surface area contributed by atoms with Crippen LogP contribution >= 0.6 is 0 Å². The van der Waals surface area contributed by atoms with Crippen LogP contribution in [-0.2, 0) is 9.47 Å². The molecule has 0 fully saturated rings. The van der Waals surface area contributed by atoms with Crippen molar-refractivity contribution in [2.24, 2.45) is 0 Å². The quantitative estimate of drug-likeness (QED) is 0.0888. The average Bonchev–Trinajstić information content (AvgIpc) is 2.82. The van der Waals surface area contributed by atoms with Crippen molar-refractivity contribution in [3.63, 3.8) is 0 Å². The van der Waals surface area contributed by atoms with Gasteiger partial charge in [0.1, 0.15) is 0 Å². The molecule has 0 heterocycles. The van der Waals surface area contributed by atoms with Gasteiger partial charge in [-0.25, -0.2) is 4.79 Å². The van der Waals surface area contributed by atoms with Crippen molar-refractivity contribution >= 4 is 6.16 Å². The van der Waals surface area contributed by atoms with E-state index < -0.39 is 6.16 Å². The Morgan fingerprint density at radius 3 is 0.879 bits per heavy atom. The Morgan fingerprint density at radius 1 is 0.364 bits per heavy atom. The minimum Gasteiger partial charge on any atom is -0.434 e. The summed E-state index contributed by atoms with van der Waals surface area (Å²) in [5, 5.41) is 0. The Labute approximate surface area is 208 Å². The van der Waals surface area contributed by atoms with E-state index in [1.165, 1.54) is 128 Å². The molecule has 198 valence electrons. The van der Waals surface area contributed by atoms with Gasteiger partial charge in [0.15, 0.2) is 0 Å². The van der Waals surface area contributed by atoms with E-state index in [1.54, 1.807) is 0 Å². The molecule has 0 unspecified atom stereocenters. The van der Waals surface area contributed by atoms with Gasteiger partial charge in [0.2, 0.25) is 0 Å². The van der Waals surface area contributed by atoms with Gasteiger partial charge in [-0.1, -0.05) is 162 Å². The average molecular weight is 469 g/mol. The lowest BCUT2D eigenvalue weighted by molar-refractivity contribution is 0.0529. The summed E-state index contributed by atoms with van der Waals surface area (Å²) < 4.78 is 10.1. The highest BCUT2D eigenvalue weighted by Gasteiger charge is 2.02. The van der Waals surface area contributed by atoms with Crippen LogP contribution in [0.1, 0.15) is 174 Å². The molecule has 0 radical (unpaired) electrons. The zero-order chi connectivity index (χ0) is 24.1. The predicted octanol–water partition coefficient (Wildman–Crippen LogP) is 10.9. The zero-order valence-electron chi connectivity index (χ0n) is 22.8. The van der Waals surface area contributed by atoms with Gasteiger partial charge >= 0.3 is 6.16 Å². The number of carbonyl (C=O) groups excluding carboxylic acids is 1. The zero-order valence-corrected chi connectivity index (χ0v) is 22.8. The van der Waals surface area contributed by atoms with Gasteiger partial charge in [-0.3, -0.25) is 0 Å². The van der Waals surface area contributed by atoms with E-state index in [0.717, 1.165) is 32.1 Å². The van der Waals surface area contributed by atoms with Crippen LogP contribution in [0, 0.1) is 0 Å². The topological polar surface area (TPSA) is 35.5 Å². The standard InChI is InChI=1S/C30H60O3/c1-3-5-7-8-9-10-11-12-13-14-15-16-17-18-19-20-21-22-23-24-25-27-29-33-30(31)32-28-26-6-4-2/h3-29H2,1-2H3. The summed E-state index contributed by atoms with van der Waals surface area (Å²) in [4.78, 5) is 11.4. The molecule has 3 heteroatoms. The summed E-state index contributed by atoms with van der Waals surface area (Å²) in [6, 6.07) is 0. The van der Waals surface area contributed by atoms with Crippen LogP contribution in [-0.4, -0.2) is 19.4 Å². The van der Waals surface area contributed by atoms with E-state index in [-0.39, 0.29) is 0 Å². The SMILES string of the molecule is CCCCCCCCCCCCCCCCCCCCCCCCOC(=O)OCCCCC. The summed E-state index contributed by atoms with van der Waals surface area (Å²) >= 11 is 0. The van der Waals surface area contributed by atoms with Crippen LogP contribution in [0.4, 0.5) is 4.79 Å². The lowest BCUT2D eigenvalue weighted by atomic mass is 10.0. The highest BCUT2D eigenvalue weighted by atomic mass is 16.7. The van der Waals surface area contributed by atoms with Crippen molar-refractivity contribution in [1.82, 2.24) is 0 Å². The fourth-order valence-electron chi connectivity index (χ4n) is 4.42. The van der Waals surface area contributed by atoms with Gasteiger partial charge in [-0.2, -0.15) is 0 Å². The molecule has 0 aromatic heterocycles. The van der Waals surface area contributed by atoms with Crippen LogP contribution < -0.4 is 0 Å². The normalized spacial score (nSPS) is 11.1. The third kappa shape index (κ3) is 29.2. The summed E-state index contributed by atoms with van der Waals surface area (Å²) in [7, 11) is 0. The Bertz CT molecular complexity index is 370. The maximum atomic E-state index is 11.4. The van der Waals surface area contributed by atoms with Crippen molar-refractivity contribution in [3.8, 4) is 0 Å². The Hall–Kier alpha value is -0.730. The van der Waals surface area contributed by atoms with Crippen LogP contribution in [0.2, 0.25) is 0 Å². The van der Waals surface area contributed by atoms with Crippen molar-refractivity contribution < 1.29 is 14.3 Å². The van der Waals surface area contributed by atoms with Gasteiger partial charge < -0.3 is 9.47 Å². The molecule has 0 aliphatic rings. The second-order valence-corrected chi connectivity index (χ2v) is 10.1. The molecule has 0 aromatic rings. The molecule has 0 saturated carbocycles. The first-order valence-corrected chi connectivity index (χ1v) is 15.1. The molecule has 0 aromatic carbocycles. The molecular formula is C30H60O3. The van der Waals surface area contributed by atoms with E-state index in [9.17, 15) is 4.79 Å².